The van der Waals surface area contributed by atoms with E-state index in [1.807, 2.05) is 0 Å². The second-order valence-corrected chi connectivity index (χ2v) is 11.2. The van der Waals surface area contributed by atoms with Crippen LogP contribution in [0.5, 0.6) is 0 Å². The Balaban J connectivity index is 2.61. The van der Waals surface area contributed by atoms with E-state index in [1.165, 1.54) is 6.20 Å². The molecule has 0 aliphatic carbocycles. The quantitative estimate of drug-likeness (QED) is 0.721. The lowest BCUT2D eigenvalue weighted by Crippen LogP contribution is -2.41. The van der Waals surface area contributed by atoms with Gasteiger partial charge >= 0.3 is 6.09 Å². The number of nitrogens with zero attached hydrogens (tertiary/aromatic N) is 2. The molecule has 1 aromatic rings. The number of hydrogen-bond donors (Lipinski definition) is 3. The average Bonchev–Trinajstić information content (AvgIpc) is 2.30. The summed E-state index contributed by atoms with van der Waals surface area (Å²) >= 11 is 0. The minimum atomic E-state index is -1.78. The van der Waals surface area contributed by atoms with Crippen molar-refractivity contribution < 1.29 is 14.3 Å². The molecule has 118 valence electrons. The van der Waals surface area contributed by atoms with Gasteiger partial charge in [-0.15, -0.1) is 0 Å². The van der Waals surface area contributed by atoms with Crippen LogP contribution in [0.15, 0.2) is 6.20 Å². The molecule has 1 amide bonds. The Bertz CT molecular complexity index is 515. The fraction of sp³-hybridized carbons (Fsp3) is 0.615. The second-order valence-electron chi connectivity index (χ2n) is 6.37. The van der Waals surface area contributed by atoms with Crippen molar-refractivity contribution in [2.45, 2.75) is 45.3 Å². The van der Waals surface area contributed by atoms with Crippen molar-refractivity contribution in [3.63, 3.8) is 0 Å². The number of nitrogen functional groups attached to an aromatic ring is 1. The number of amides is 1. The molecule has 0 unspecified atom stereocenters. The predicted octanol–water partition coefficient (Wildman–Crippen LogP) is 2.71. The Morgan fingerprint density at radius 2 is 2.10 bits per heavy atom. The van der Waals surface area contributed by atoms with Gasteiger partial charge in [0.25, 0.3) is 0 Å². The van der Waals surface area contributed by atoms with Gasteiger partial charge in [0.1, 0.15) is 11.5 Å². The molecule has 21 heavy (non-hydrogen) atoms. The minimum Gasteiger partial charge on any atom is -0.465 e. The number of nitrogens with two attached hydrogens (primary N) is 1. The number of hydrogen-bond acceptors (Lipinski definition) is 5. The Hall–Kier alpha value is -1.67. The largest absolute Gasteiger partial charge is 0.465 e. The van der Waals surface area contributed by atoms with Gasteiger partial charge in [0.2, 0.25) is 0 Å². The Labute approximate surface area is 126 Å². The lowest BCUT2D eigenvalue weighted by atomic mass is 10.2. The maximum atomic E-state index is 10.5. The van der Waals surface area contributed by atoms with E-state index in [1.54, 1.807) is 0 Å². The molecule has 1 rings (SSSR count). The summed E-state index contributed by atoms with van der Waals surface area (Å²) in [4.78, 5) is 18.7. The third-order valence-corrected chi connectivity index (χ3v) is 8.24. The van der Waals surface area contributed by atoms with E-state index < -0.39 is 14.4 Å². The van der Waals surface area contributed by atoms with Gasteiger partial charge in [-0.05, 0) is 18.1 Å². The summed E-state index contributed by atoms with van der Waals surface area (Å²) in [5.74, 6) is 0.664. The summed E-state index contributed by atoms with van der Waals surface area (Å²) in [6.45, 7) is 11.4. The summed E-state index contributed by atoms with van der Waals surface area (Å²) in [5.41, 5.74) is 5.88. The molecule has 1 aromatic heterocycles. The average molecular weight is 312 g/mol. The molecule has 0 saturated heterocycles. The fourth-order valence-corrected chi connectivity index (χ4v) is 2.42. The van der Waals surface area contributed by atoms with Crippen LogP contribution in [0, 0.1) is 0 Å². The van der Waals surface area contributed by atoms with E-state index in [-0.39, 0.29) is 16.5 Å². The zero-order valence-corrected chi connectivity index (χ0v) is 14.2. The SMILES string of the molecule is CC(C)(C)[Si](C)(C)OCCc1ncc(NC(=O)O)c(N)n1. The maximum absolute atomic E-state index is 10.5. The lowest BCUT2D eigenvalue weighted by molar-refractivity contribution is 0.209. The molecule has 1 heterocycles. The minimum absolute atomic E-state index is 0.120. The van der Waals surface area contributed by atoms with E-state index in [0.29, 0.717) is 18.9 Å². The molecule has 4 N–H and O–H groups in total. The zero-order valence-electron chi connectivity index (χ0n) is 13.2. The normalized spacial score (nSPS) is 12.2. The Morgan fingerprint density at radius 3 is 2.57 bits per heavy atom. The highest BCUT2D eigenvalue weighted by molar-refractivity contribution is 6.74. The molecule has 0 aliphatic heterocycles. The van der Waals surface area contributed by atoms with Gasteiger partial charge in [-0.25, -0.2) is 14.8 Å². The molecular formula is C13H24N4O3Si. The van der Waals surface area contributed by atoms with Crippen LogP contribution in [0.1, 0.15) is 26.6 Å². The van der Waals surface area contributed by atoms with E-state index in [4.69, 9.17) is 15.3 Å². The first-order valence-electron chi connectivity index (χ1n) is 6.78. The fourth-order valence-electron chi connectivity index (χ4n) is 1.38. The number of carboxylic acid groups (broad SMARTS) is 1. The molecule has 0 saturated carbocycles. The van der Waals surface area contributed by atoms with Crippen LogP contribution < -0.4 is 11.1 Å². The summed E-state index contributed by atoms with van der Waals surface area (Å²) in [6.07, 6.45) is 0.724. The van der Waals surface area contributed by atoms with Crippen LogP contribution >= 0.6 is 0 Å². The zero-order chi connectivity index (χ0) is 16.3. The van der Waals surface area contributed by atoms with Crippen LogP contribution in [-0.4, -0.2) is 36.1 Å². The molecule has 8 heteroatoms. The van der Waals surface area contributed by atoms with Crippen LogP contribution in [0.25, 0.3) is 0 Å². The summed E-state index contributed by atoms with van der Waals surface area (Å²) in [5, 5.41) is 10.9. The van der Waals surface area contributed by atoms with Gasteiger partial charge < -0.3 is 15.3 Å². The monoisotopic (exact) mass is 312 g/mol. The lowest BCUT2D eigenvalue weighted by Gasteiger charge is -2.36. The highest BCUT2D eigenvalue weighted by atomic mass is 28.4. The van der Waals surface area contributed by atoms with Gasteiger partial charge in [0.05, 0.1) is 6.20 Å². The van der Waals surface area contributed by atoms with Crippen molar-refractivity contribution in [2.75, 3.05) is 17.7 Å². The third kappa shape index (κ3) is 4.98. The third-order valence-electron chi connectivity index (χ3n) is 3.70. The van der Waals surface area contributed by atoms with Gasteiger partial charge in [0, 0.05) is 13.0 Å². The van der Waals surface area contributed by atoms with Gasteiger partial charge in [-0.1, -0.05) is 20.8 Å². The van der Waals surface area contributed by atoms with Crippen LogP contribution in [0.4, 0.5) is 16.3 Å². The first kappa shape index (κ1) is 17.4. The van der Waals surface area contributed by atoms with E-state index in [2.05, 4.69) is 49.1 Å². The first-order chi connectivity index (χ1) is 9.53. The predicted molar refractivity (Wildman–Crippen MR) is 84.9 cm³/mol. The molecular weight excluding hydrogens is 288 g/mol. The van der Waals surface area contributed by atoms with Crippen molar-refractivity contribution in [3.05, 3.63) is 12.0 Å². The summed E-state index contributed by atoms with van der Waals surface area (Å²) in [7, 11) is -1.78. The molecule has 0 bridgehead atoms. The molecule has 0 aromatic carbocycles. The van der Waals surface area contributed by atoms with Crippen molar-refractivity contribution in [3.8, 4) is 0 Å². The van der Waals surface area contributed by atoms with Crippen molar-refractivity contribution in [1.29, 1.82) is 0 Å². The van der Waals surface area contributed by atoms with E-state index >= 15 is 0 Å². The number of rotatable bonds is 5. The Kier molecular flexibility index (Phi) is 5.29. The van der Waals surface area contributed by atoms with Crippen LogP contribution in [0.3, 0.4) is 0 Å². The van der Waals surface area contributed by atoms with Crippen molar-refractivity contribution in [2.24, 2.45) is 0 Å². The van der Waals surface area contributed by atoms with E-state index in [9.17, 15) is 4.79 Å². The second kappa shape index (κ2) is 6.40. The topological polar surface area (TPSA) is 110 Å². The highest BCUT2D eigenvalue weighted by Gasteiger charge is 2.36. The van der Waals surface area contributed by atoms with Crippen molar-refractivity contribution in [1.82, 2.24) is 9.97 Å². The van der Waals surface area contributed by atoms with Crippen LogP contribution in [0.2, 0.25) is 18.1 Å². The standard InChI is InChI=1S/C13H24N4O3Si/c1-13(2,3)21(4,5)20-7-6-10-15-8-9(11(14)17-10)16-12(18)19/h8,16H,6-7H2,1-5H3,(H,18,19)(H2,14,15,17). The molecule has 0 spiro atoms. The number of anilines is 2. The van der Waals surface area contributed by atoms with Gasteiger partial charge in [-0.3, -0.25) is 5.32 Å². The maximum Gasteiger partial charge on any atom is 0.409 e. The van der Waals surface area contributed by atoms with E-state index in [0.717, 1.165) is 0 Å². The van der Waals surface area contributed by atoms with Gasteiger partial charge in [-0.2, -0.15) is 0 Å². The molecule has 0 aliphatic rings. The Morgan fingerprint density at radius 1 is 1.48 bits per heavy atom. The van der Waals surface area contributed by atoms with Crippen LogP contribution in [-0.2, 0) is 10.8 Å². The van der Waals surface area contributed by atoms with Crippen molar-refractivity contribution >= 4 is 25.9 Å². The molecule has 0 radical (unpaired) electrons. The van der Waals surface area contributed by atoms with Gasteiger partial charge in [0.15, 0.2) is 14.1 Å². The summed E-state index contributed by atoms with van der Waals surface area (Å²) in [6, 6.07) is 0. The number of aromatic nitrogens is 2. The first-order valence-corrected chi connectivity index (χ1v) is 9.69. The number of carbonyl (C=O) groups is 1. The summed E-state index contributed by atoms with van der Waals surface area (Å²) < 4.78 is 6.04. The number of nitrogens with one attached hydrogen (secondary N) is 1. The molecule has 0 fully saturated rings. The molecule has 0 atom stereocenters. The molecule has 7 nitrogen and oxygen atoms in total. The highest BCUT2D eigenvalue weighted by Crippen LogP contribution is 2.36. The smallest absolute Gasteiger partial charge is 0.409 e.